The fourth-order valence-electron chi connectivity index (χ4n) is 0.989. The number of rotatable bonds is 1. The second-order valence-corrected chi connectivity index (χ2v) is 3.57. The van der Waals surface area contributed by atoms with Gasteiger partial charge in [0.05, 0.1) is 0 Å². The average molecular weight is 181 g/mol. The predicted octanol–water partition coefficient (Wildman–Crippen LogP) is 4.15. The lowest BCUT2D eigenvalue weighted by atomic mass is 10.0. The molecule has 0 N–H and O–H groups in total. The van der Waals surface area contributed by atoms with Crippen LogP contribution in [0.25, 0.3) is 5.57 Å². The van der Waals surface area contributed by atoms with Crippen molar-refractivity contribution in [1.29, 1.82) is 0 Å². The van der Waals surface area contributed by atoms with Gasteiger partial charge in [-0.05, 0) is 44.0 Å². The van der Waals surface area contributed by atoms with Gasteiger partial charge >= 0.3 is 0 Å². The van der Waals surface area contributed by atoms with Crippen LogP contribution in [0.5, 0.6) is 0 Å². The second kappa shape index (κ2) is 3.77. The number of allylic oxidation sites excluding steroid dienone is 2. The highest BCUT2D eigenvalue weighted by Crippen LogP contribution is 2.19. The molecule has 1 heteroatoms. The SMILES string of the molecule is CC(C)=C(C)c1ccc(Cl)cc1. The van der Waals surface area contributed by atoms with E-state index in [0.717, 1.165) is 5.02 Å². The lowest BCUT2D eigenvalue weighted by molar-refractivity contribution is 1.36. The van der Waals surface area contributed by atoms with Crippen LogP contribution in [0.3, 0.4) is 0 Å². The summed E-state index contributed by atoms with van der Waals surface area (Å²) in [5.74, 6) is 0. The van der Waals surface area contributed by atoms with Gasteiger partial charge in [0.15, 0.2) is 0 Å². The lowest BCUT2D eigenvalue weighted by Gasteiger charge is -2.03. The van der Waals surface area contributed by atoms with Crippen molar-refractivity contribution >= 4 is 17.2 Å². The zero-order valence-corrected chi connectivity index (χ0v) is 8.44. The van der Waals surface area contributed by atoms with Gasteiger partial charge in [0.2, 0.25) is 0 Å². The summed E-state index contributed by atoms with van der Waals surface area (Å²) in [7, 11) is 0. The summed E-state index contributed by atoms with van der Waals surface area (Å²) in [6.45, 7) is 6.35. The quantitative estimate of drug-likeness (QED) is 0.609. The van der Waals surface area contributed by atoms with E-state index in [2.05, 4.69) is 20.8 Å². The second-order valence-electron chi connectivity index (χ2n) is 3.13. The zero-order valence-electron chi connectivity index (χ0n) is 7.69. The van der Waals surface area contributed by atoms with Crippen molar-refractivity contribution in [3.8, 4) is 0 Å². The molecule has 1 aromatic carbocycles. The normalized spacial score (nSPS) is 9.67. The standard InChI is InChI=1S/C11H13Cl/c1-8(2)9(3)10-4-6-11(12)7-5-10/h4-7H,1-3H3. The van der Waals surface area contributed by atoms with Gasteiger partial charge in [0, 0.05) is 5.02 Å². The molecule has 0 unspecified atom stereocenters. The van der Waals surface area contributed by atoms with Crippen LogP contribution in [0.1, 0.15) is 26.3 Å². The third kappa shape index (κ3) is 2.12. The summed E-state index contributed by atoms with van der Waals surface area (Å²) in [5, 5.41) is 0.792. The van der Waals surface area contributed by atoms with Crippen LogP contribution < -0.4 is 0 Å². The highest BCUT2D eigenvalue weighted by Gasteiger charge is 1.96. The van der Waals surface area contributed by atoms with E-state index in [9.17, 15) is 0 Å². The molecule has 0 heterocycles. The minimum Gasteiger partial charge on any atom is -0.0843 e. The van der Waals surface area contributed by atoms with Gasteiger partial charge < -0.3 is 0 Å². The Balaban J connectivity index is 3.06. The van der Waals surface area contributed by atoms with E-state index in [-0.39, 0.29) is 0 Å². The van der Waals surface area contributed by atoms with Crippen LogP contribution in [0, 0.1) is 0 Å². The summed E-state index contributed by atoms with van der Waals surface area (Å²) in [6, 6.07) is 7.93. The topological polar surface area (TPSA) is 0 Å². The number of benzene rings is 1. The highest BCUT2D eigenvalue weighted by atomic mass is 35.5. The van der Waals surface area contributed by atoms with Crippen LogP contribution in [0.2, 0.25) is 5.02 Å². The summed E-state index contributed by atoms with van der Waals surface area (Å²) in [5.41, 5.74) is 3.92. The van der Waals surface area contributed by atoms with Crippen LogP contribution >= 0.6 is 11.6 Å². The Morgan fingerprint density at radius 2 is 1.50 bits per heavy atom. The molecule has 0 aromatic heterocycles. The molecule has 0 saturated heterocycles. The molecule has 0 bridgehead atoms. The van der Waals surface area contributed by atoms with Gasteiger partial charge in [-0.25, -0.2) is 0 Å². The molecule has 1 rings (SSSR count). The van der Waals surface area contributed by atoms with Crippen molar-refractivity contribution in [3.05, 3.63) is 40.4 Å². The molecular weight excluding hydrogens is 168 g/mol. The Morgan fingerprint density at radius 3 is 1.92 bits per heavy atom. The number of halogens is 1. The van der Waals surface area contributed by atoms with Gasteiger partial charge in [-0.3, -0.25) is 0 Å². The van der Waals surface area contributed by atoms with E-state index in [0.29, 0.717) is 0 Å². The maximum Gasteiger partial charge on any atom is 0.0406 e. The molecule has 0 aliphatic heterocycles. The van der Waals surface area contributed by atoms with Crippen molar-refractivity contribution in [1.82, 2.24) is 0 Å². The molecule has 12 heavy (non-hydrogen) atoms. The minimum atomic E-state index is 0.792. The van der Waals surface area contributed by atoms with Crippen molar-refractivity contribution in [2.45, 2.75) is 20.8 Å². The van der Waals surface area contributed by atoms with E-state index >= 15 is 0 Å². The van der Waals surface area contributed by atoms with E-state index in [1.807, 2.05) is 24.3 Å². The van der Waals surface area contributed by atoms with E-state index in [1.54, 1.807) is 0 Å². The molecule has 64 valence electrons. The largest absolute Gasteiger partial charge is 0.0843 e. The molecular formula is C11H13Cl. The Morgan fingerprint density at radius 1 is 1.00 bits per heavy atom. The summed E-state index contributed by atoms with van der Waals surface area (Å²) in [4.78, 5) is 0. The molecule has 0 atom stereocenters. The number of hydrogen-bond donors (Lipinski definition) is 0. The van der Waals surface area contributed by atoms with Gasteiger partial charge in [-0.2, -0.15) is 0 Å². The molecule has 0 saturated carbocycles. The fourth-order valence-corrected chi connectivity index (χ4v) is 1.11. The molecule has 0 spiro atoms. The molecule has 0 amide bonds. The molecule has 0 aliphatic rings. The Labute approximate surface area is 78.9 Å². The highest BCUT2D eigenvalue weighted by molar-refractivity contribution is 6.30. The Kier molecular flexibility index (Phi) is 2.93. The van der Waals surface area contributed by atoms with Crippen molar-refractivity contribution < 1.29 is 0 Å². The maximum atomic E-state index is 5.78. The van der Waals surface area contributed by atoms with E-state index in [4.69, 9.17) is 11.6 Å². The first-order chi connectivity index (χ1) is 5.61. The van der Waals surface area contributed by atoms with Crippen LogP contribution in [0.4, 0.5) is 0 Å². The monoisotopic (exact) mass is 180 g/mol. The third-order valence-electron chi connectivity index (χ3n) is 2.03. The first-order valence-electron chi connectivity index (χ1n) is 4.01. The molecule has 0 fully saturated rings. The first-order valence-corrected chi connectivity index (χ1v) is 4.39. The van der Waals surface area contributed by atoms with Crippen molar-refractivity contribution in [2.24, 2.45) is 0 Å². The maximum absolute atomic E-state index is 5.78. The van der Waals surface area contributed by atoms with Crippen LogP contribution in [-0.2, 0) is 0 Å². The first kappa shape index (κ1) is 9.34. The van der Waals surface area contributed by atoms with Crippen molar-refractivity contribution in [3.63, 3.8) is 0 Å². The van der Waals surface area contributed by atoms with Gasteiger partial charge in [-0.1, -0.05) is 29.3 Å². The Hall–Kier alpha value is -0.750. The van der Waals surface area contributed by atoms with Gasteiger partial charge in [0.25, 0.3) is 0 Å². The fraction of sp³-hybridized carbons (Fsp3) is 0.273. The molecule has 0 radical (unpaired) electrons. The van der Waals surface area contributed by atoms with E-state index in [1.165, 1.54) is 16.7 Å². The summed E-state index contributed by atoms with van der Waals surface area (Å²) in [6.07, 6.45) is 0. The van der Waals surface area contributed by atoms with Gasteiger partial charge in [0.1, 0.15) is 0 Å². The minimum absolute atomic E-state index is 0.792. The van der Waals surface area contributed by atoms with Gasteiger partial charge in [-0.15, -0.1) is 0 Å². The predicted molar refractivity (Wildman–Crippen MR) is 55.4 cm³/mol. The zero-order chi connectivity index (χ0) is 9.14. The molecule has 1 aromatic rings. The molecule has 0 aliphatic carbocycles. The summed E-state index contributed by atoms with van der Waals surface area (Å²) < 4.78 is 0. The number of hydrogen-bond acceptors (Lipinski definition) is 0. The Bertz CT molecular complexity index is 289. The molecule has 0 nitrogen and oxygen atoms in total. The summed E-state index contributed by atoms with van der Waals surface area (Å²) >= 11 is 5.78. The smallest absolute Gasteiger partial charge is 0.0406 e. The average Bonchev–Trinajstić information content (AvgIpc) is 2.04. The third-order valence-corrected chi connectivity index (χ3v) is 2.28. The van der Waals surface area contributed by atoms with Crippen molar-refractivity contribution in [2.75, 3.05) is 0 Å². The van der Waals surface area contributed by atoms with E-state index < -0.39 is 0 Å². The lowest BCUT2D eigenvalue weighted by Crippen LogP contribution is -1.80. The van der Waals surface area contributed by atoms with Crippen LogP contribution in [-0.4, -0.2) is 0 Å². The van der Waals surface area contributed by atoms with Crippen LogP contribution in [0.15, 0.2) is 29.8 Å².